The minimum absolute atomic E-state index is 0.0589. The third kappa shape index (κ3) is 10.6. The molecule has 0 bridgehead atoms. The number of amides is 2. The lowest BCUT2D eigenvalue weighted by Crippen LogP contribution is -2.50. The third-order valence-electron chi connectivity index (χ3n) is 8.66. The SMILES string of the molecule is C/C(=N\C1(N(C=O)C(CCC(C)C)c2ccc(C(=O)NCCC(=O)O)cc2)CCCCC1)c1ccc(-c2cc(Cl)cc(Cl)c2)cc1.CO. The molecular weight excluding hydrogens is 649 g/mol. The lowest BCUT2D eigenvalue weighted by Gasteiger charge is -2.46. The third-order valence-corrected chi connectivity index (χ3v) is 9.09. The molecule has 48 heavy (non-hydrogen) atoms. The summed E-state index contributed by atoms with van der Waals surface area (Å²) >= 11 is 12.5. The van der Waals surface area contributed by atoms with Gasteiger partial charge < -0.3 is 20.4 Å². The molecule has 0 aliphatic heterocycles. The standard InChI is InChI=1S/C37H43Cl2N3O4.CH4O/c1-25(2)7-16-34(29-12-14-30(15-13-29)36(46)40-20-17-35(44)45)42(24-43)37(18-5-4-6-19-37)41-26(3)27-8-10-28(11-9-27)31-21-32(38)23-33(39)22-31;1-2/h8-15,21-25,34H,4-7,16-20H2,1-3H3,(H,40,46)(H,44,45);2H,1H3/b41-26+;. The molecule has 3 aromatic rings. The van der Waals surface area contributed by atoms with Crippen molar-refractivity contribution in [3.63, 3.8) is 0 Å². The molecule has 0 spiro atoms. The van der Waals surface area contributed by atoms with E-state index in [-0.39, 0.29) is 24.9 Å². The van der Waals surface area contributed by atoms with Crippen molar-refractivity contribution < 1.29 is 24.6 Å². The zero-order valence-corrected chi connectivity index (χ0v) is 29.7. The van der Waals surface area contributed by atoms with Crippen LogP contribution in [0.25, 0.3) is 11.1 Å². The van der Waals surface area contributed by atoms with Gasteiger partial charge in [-0.05, 0) is 104 Å². The number of carbonyl (C=O) groups excluding carboxylic acids is 2. The van der Waals surface area contributed by atoms with Gasteiger partial charge in [-0.1, -0.05) is 79.9 Å². The highest BCUT2D eigenvalue weighted by molar-refractivity contribution is 6.35. The highest BCUT2D eigenvalue weighted by Gasteiger charge is 2.41. The van der Waals surface area contributed by atoms with Crippen LogP contribution in [0.1, 0.15) is 99.7 Å². The second kappa shape index (κ2) is 18.7. The van der Waals surface area contributed by atoms with Crippen LogP contribution in [0.15, 0.2) is 71.7 Å². The van der Waals surface area contributed by atoms with Gasteiger partial charge in [0.05, 0.1) is 12.5 Å². The summed E-state index contributed by atoms with van der Waals surface area (Å²) in [6, 6.07) is 20.7. The Kier molecular flexibility index (Phi) is 15.1. The first kappa shape index (κ1) is 38.7. The Morgan fingerprint density at radius 2 is 1.48 bits per heavy atom. The van der Waals surface area contributed by atoms with Crippen LogP contribution in [0.3, 0.4) is 0 Å². The molecule has 10 heteroatoms. The number of carboxylic acid groups (broad SMARTS) is 1. The first-order chi connectivity index (χ1) is 23.0. The molecule has 1 saturated carbocycles. The van der Waals surface area contributed by atoms with Gasteiger partial charge in [0.25, 0.3) is 5.91 Å². The summed E-state index contributed by atoms with van der Waals surface area (Å²) in [5.74, 6) is -0.852. The van der Waals surface area contributed by atoms with E-state index in [1.54, 1.807) is 18.2 Å². The van der Waals surface area contributed by atoms with Gasteiger partial charge in [-0.3, -0.25) is 19.4 Å². The fraction of sp³-hybridized carbons (Fsp3) is 0.421. The van der Waals surface area contributed by atoms with E-state index in [9.17, 15) is 14.4 Å². The van der Waals surface area contributed by atoms with Gasteiger partial charge in [0.1, 0.15) is 5.66 Å². The van der Waals surface area contributed by atoms with Crippen LogP contribution in [0.4, 0.5) is 0 Å². The first-order valence-electron chi connectivity index (χ1n) is 16.4. The summed E-state index contributed by atoms with van der Waals surface area (Å²) in [4.78, 5) is 43.8. The van der Waals surface area contributed by atoms with Gasteiger partial charge in [-0.2, -0.15) is 0 Å². The van der Waals surface area contributed by atoms with Gasteiger partial charge in [0.15, 0.2) is 0 Å². The molecule has 0 heterocycles. The number of rotatable bonds is 14. The number of aliphatic imine (C=N–C) groups is 1. The Morgan fingerprint density at radius 1 is 0.896 bits per heavy atom. The van der Waals surface area contributed by atoms with Crippen molar-refractivity contribution in [3.8, 4) is 11.1 Å². The molecule has 1 aliphatic carbocycles. The number of benzene rings is 3. The maximum Gasteiger partial charge on any atom is 0.305 e. The van der Waals surface area contributed by atoms with Gasteiger partial charge in [0.2, 0.25) is 6.41 Å². The van der Waals surface area contributed by atoms with Crippen molar-refractivity contribution in [1.29, 1.82) is 0 Å². The highest BCUT2D eigenvalue weighted by atomic mass is 35.5. The van der Waals surface area contributed by atoms with Crippen LogP contribution >= 0.6 is 23.2 Å². The van der Waals surface area contributed by atoms with E-state index in [1.165, 1.54) is 0 Å². The van der Waals surface area contributed by atoms with Crippen LogP contribution in [0.5, 0.6) is 0 Å². The number of halogens is 2. The van der Waals surface area contributed by atoms with Crippen molar-refractivity contribution in [2.24, 2.45) is 10.9 Å². The maximum atomic E-state index is 13.1. The molecule has 8 nitrogen and oxygen atoms in total. The number of hydrogen-bond donors (Lipinski definition) is 3. The quantitative estimate of drug-likeness (QED) is 0.115. The Hall–Kier alpha value is -3.72. The molecule has 0 aromatic heterocycles. The molecule has 4 rings (SSSR count). The Balaban J connectivity index is 0.00000307. The minimum Gasteiger partial charge on any atom is -0.481 e. The number of nitrogens with zero attached hydrogens (tertiary/aromatic N) is 2. The molecule has 258 valence electrons. The Labute approximate surface area is 294 Å². The van der Waals surface area contributed by atoms with E-state index in [0.29, 0.717) is 21.5 Å². The summed E-state index contributed by atoms with van der Waals surface area (Å²) in [5.41, 5.74) is 4.46. The van der Waals surface area contributed by atoms with Crippen molar-refractivity contribution in [2.45, 2.75) is 83.8 Å². The number of aliphatic hydroxyl groups excluding tert-OH is 1. The molecule has 1 atom stereocenters. The minimum atomic E-state index is -0.966. The van der Waals surface area contributed by atoms with E-state index in [1.807, 2.05) is 60.4 Å². The predicted molar refractivity (Wildman–Crippen MR) is 194 cm³/mol. The molecule has 3 N–H and O–H groups in total. The van der Waals surface area contributed by atoms with E-state index in [2.05, 4.69) is 19.2 Å². The van der Waals surface area contributed by atoms with Gasteiger partial charge in [0, 0.05) is 35.0 Å². The lowest BCUT2D eigenvalue weighted by molar-refractivity contribution is -0.136. The van der Waals surface area contributed by atoms with E-state index in [0.717, 1.165) is 86.4 Å². The molecule has 3 aromatic carbocycles. The fourth-order valence-electron chi connectivity index (χ4n) is 6.21. The highest BCUT2D eigenvalue weighted by Crippen LogP contribution is 2.42. The summed E-state index contributed by atoms with van der Waals surface area (Å²) in [5, 5.41) is 19.7. The average Bonchev–Trinajstić information content (AvgIpc) is 3.07. The van der Waals surface area contributed by atoms with Gasteiger partial charge in [-0.15, -0.1) is 0 Å². The van der Waals surface area contributed by atoms with Gasteiger partial charge >= 0.3 is 5.97 Å². The number of aliphatic hydroxyl groups is 1. The monoisotopic (exact) mass is 695 g/mol. The number of carbonyl (C=O) groups is 3. The number of carboxylic acids is 1. The van der Waals surface area contributed by atoms with Gasteiger partial charge in [-0.25, -0.2) is 0 Å². The summed E-state index contributed by atoms with van der Waals surface area (Å²) < 4.78 is 0. The number of nitrogens with one attached hydrogen (secondary N) is 1. The van der Waals surface area contributed by atoms with Crippen LogP contribution in [0, 0.1) is 5.92 Å². The van der Waals surface area contributed by atoms with Crippen LogP contribution in [-0.4, -0.2) is 58.4 Å². The average molecular weight is 697 g/mol. The molecule has 1 fully saturated rings. The van der Waals surface area contributed by atoms with Crippen LogP contribution in [-0.2, 0) is 9.59 Å². The van der Waals surface area contributed by atoms with Crippen molar-refractivity contribution in [2.75, 3.05) is 13.7 Å². The zero-order chi connectivity index (χ0) is 35.3. The smallest absolute Gasteiger partial charge is 0.305 e. The topological polar surface area (TPSA) is 119 Å². The number of hydrogen-bond acceptors (Lipinski definition) is 5. The second-order valence-corrected chi connectivity index (χ2v) is 13.4. The predicted octanol–water partition coefficient (Wildman–Crippen LogP) is 8.58. The molecule has 1 unspecified atom stereocenters. The Bertz CT molecular complexity index is 1510. The summed E-state index contributed by atoms with van der Waals surface area (Å²) in [6.45, 7) is 6.41. The fourth-order valence-corrected chi connectivity index (χ4v) is 6.73. The first-order valence-corrected chi connectivity index (χ1v) is 17.2. The number of aliphatic carboxylic acids is 1. The summed E-state index contributed by atoms with van der Waals surface area (Å²) in [7, 11) is 1.00. The molecule has 1 aliphatic rings. The molecule has 2 amide bonds. The maximum absolute atomic E-state index is 13.1. The second-order valence-electron chi connectivity index (χ2n) is 12.5. The van der Waals surface area contributed by atoms with Crippen molar-refractivity contribution in [1.82, 2.24) is 10.2 Å². The molecule has 0 saturated heterocycles. The van der Waals surface area contributed by atoms with E-state index < -0.39 is 11.6 Å². The summed E-state index contributed by atoms with van der Waals surface area (Å²) in [6.07, 6.45) is 7.08. The van der Waals surface area contributed by atoms with Crippen molar-refractivity contribution in [3.05, 3.63) is 93.5 Å². The zero-order valence-electron chi connectivity index (χ0n) is 28.2. The normalized spacial score (nSPS) is 14.8. The Morgan fingerprint density at radius 3 is 2.02 bits per heavy atom. The van der Waals surface area contributed by atoms with E-state index in [4.69, 9.17) is 38.4 Å². The van der Waals surface area contributed by atoms with E-state index >= 15 is 0 Å². The molecular formula is C38H47Cl2N3O5. The largest absolute Gasteiger partial charge is 0.481 e. The van der Waals surface area contributed by atoms with Crippen molar-refractivity contribution >= 4 is 47.2 Å². The van der Waals surface area contributed by atoms with Crippen LogP contribution in [0.2, 0.25) is 10.0 Å². The molecule has 0 radical (unpaired) electrons. The lowest BCUT2D eigenvalue weighted by atomic mass is 9.84. The van der Waals surface area contributed by atoms with Crippen LogP contribution < -0.4 is 5.32 Å².